The van der Waals surface area contributed by atoms with Crippen molar-refractivity contribution in [2.45, 2.75) is 21.1 Å². The molecule has 0 radical (unpaired) electrons. The summed E-state index contributed by atoms with van der Waals surface area (Å²) in [5, 5.41) is 28.0. The number of hydrogen-bond donors (Lipinski definition) is 1. The first-order valence-corrected chi connectivity index (χ1v) is 15.0. The average molecular weight is 588 g/mol. The summed E-state index contributed by atoms with van der Waals surface area (Å²) in [6.45, 7) is 5.94. The van der Waals surface area contributed by atoms with Crippen molar-refractivity contribution in [1.82, 2.24) is 14.1 Å². The zero-order chi connectivity index (χ0) is 29.3. The summed E-state index contributed by atoms with van der Waals surface area (Å²) in [6, 6.07) is 13.8. The number of benzene rings is 2. The molecular weight excluding hydrogens is 554 g/mol. The number of carboxylic acid groups (broad SMARTS) is 2. The number of carbonyl (C=O) groups excluding carboxylic acids is 2. The van der Waals surface area contributed by atoms with E-state index in [1.165, 1.54) is 9.20 Å². The number of sulfonamides is 1. The lowest BCUT2D eigenvalue weighted by atomic mass is 9.96. The highest BCUT2D eigenvalue weighted by Gasteiger charge is 2.25. The van der Waals surface area contributed by atoms with Gasteiger partial charge in [0.2, 0.25) is 10.0 Å². The number of nitrogens with zero attached hydrogens (tertiary/aromatic N) is 3. The van der Waals surface area contributed by atoms with E-state index in [1.807, 2.05) is 24.3 Å². The lowest BCUT2D eigenvalue weighted by molar-refractivity contribution is -0.301. The highest BCUT2D eigenvalue weighted by molar-refractivity contribution is 7.99. The summed E-state index contributed by atoms with van der Waals surface area (Å²) >= 11 is 1.69. The molecule has 10 nitrogen and oxygen atoms in total. The minimum atomic E-state index is -3.49. The number of carboxylic acids is 2. The van der Waals surface area contributed by atoms with Gasteiger partial charge in [-0.2, -0.15) is 0 Å². The maximum absolute atomic E-state index is 12.7. The zero-order valence-electron chi connectivity index (χ0n) is 22.5. The van der Waals surface area contributed by atoms with E-state index in [9.17, 15) is 28.2 Å². The van der Waals surface area contributed by atoms with Crippen LogP contribution in [0.15, 0.2) is 75.4 Å². The standard InChI is InChI=1S/C24H31N3O3S2.C4H4O4/c1-25(2)32(29,30)19-9-10-24-22(18-19)20(21-6-3-4-8-23(21)31-24)7-5-11-26-12-14-27(15-13-26)16-17-28;5-3(6)1-2-4(7)8/h3-4,6-10,18,28H,5,11-17H2,1-2H3;1-2H,(H,5,6)(H,7,8)/p-2. The summed E-state index contributed by atoms with van der Waals surface area (Å²) in [5.41, 5.74) is 3.27. The second-order valence-electron chi connectivity index (χ2n) is 9.33. The molecule has 40 heavy (non-hydrogen) atoms. The lowest BCUT2D eigenvalue weighted by Gasteiger charge is -2.34. The predicted molar refractivity (Wildman–Crippen MR) is 149 cm³/mol. The third-order valence-electron chi connectivity index (χ3n) is 6.45. The maximum atomic E-state index is 12.7. The van der Waals surface area contributed by atoms with Gasteiger partial charge in [0.1, 0.15) is 0 Å². The molecule has 2 aromatic rings. The molecule has 0 saturated carbocycles. The van der Waals surface area contributed by atoms with Crippen LogP contribution in [-0.4, -0.2) is 99.5 Å². The Labute approximate surface area is 239 Å². The topological polar surface area (TPSA) is 144 Å². The van der Waals surface area contributed by atoms with E-state index < -0.39 is 22.0 Å². The predicted octanol–water partition coefficient (Wildman–Crippen LogP) is -0.124. The molecule has 2 aliphatic heterocycles. The fourth-order valence-electron chi connectivity index (χ4n) is 4.35. The minimum Gasteiger partial charge on any atom is -0.545 e. The monoisotopic (exact) mass is 587 g/mol. The molecule has 1 fully saturated rings. The fourth-order valence-corrected chi connectivity index (χ4v) is 6.36. The summed E-state index contributed by atoms with van der Waals surface area (Å²) < 4.78 is 26.7. The van der Waals surface area contributed by atoms with Gasteiger partial charge in [-0.3, -0.25) is 4.90 Å². The Morgan fingerprint density at radius 2 is 1.50 bits per heavy atom. The van der Waals surface area contributed by atoms with Crippen LogP contribution in [0.1, 0.15) is 17.5 Å². The van der Waals surface area contributed by atoms with Gasteiger partial charge in [-0.1, -0.05) is 36.0 Å². The Balaban J connectivity index is 0.000000482. The fraction of sp³-hybridized carbons (Fsp3) is 0.357. The molecule has 0 aliphatic carbocycles. The van der Waals surface area contributed by atoms with E-state index in [4.69, 9.17) is 5.11 Å². The van der Waals surface area contributed by atoms with Gasteiger partial charge in [0, 0.05) is 63.2 Å². The zero-order valence-corrected chi connectivity index (χ0v) is 24.1. The van der Waals surface area contributed by atoms with Crippen molar-refractivity contribution >= 4 is 39.3 Å². The van der Waals surface area contributed by atoms with Crippen LogP contribution in [0.2, 0.25) is 0 Å². The highest BCUT2D eigenvalue weighted by Crippen LogP contribution is 2.46. The van der Waals surface area contributed by atoms with E-state index in [0.29, 0.717) is 17.0 Å². The van der Waals surface area contributed by atoms with E-state index in [0.717, 1.165) is 67.3 Å². The number of aliphatic hydroxyl groups excluding tert-OH is 1. The highest BCUT2D eigenvalue weighted by atomic mass is 32.2. The van der Waals surface area contributed by atoms with Crippen molar-refractivity contribution in [3.8, 4) is 0 Å². The molecule has 216 valence electrons. The molecule has 12 heteroatoms. The Morgan fingerprint density at radius 1 is 0.925 bits per heavy atom. The Hall–Kier alpha value is -3.00. The first-order chi connectivity index (χ1) is 19.0. The molecule has 0 bridgehead atoms. The quantitative estimate of drug-likeness (QED) is 0.336. The van der Waals surface area contributed by atoms with Crippen molar-refractivity contribution in [2.24, 2.45) is 0 Å². The Bertz CT molecular complexity index is 1350. The number of aliphatic hydroxyl groups is 1. The molecule has 0 unspecified atom stereocenters. The van der Waals surface area contributed by atoms with Gasteiger partial charge in [0.15, 0.2) is 0 Å². The molecule has 0 amide bonds. The van der Waals surface area contributed by atoms with Gasteiger partial charge < -0.3 is 29.8 Å². The van der Waals surface area contributed by atoms with Crippen LogP contribution in [0.25, 0.3) is 5.57 Å². The average Bonchev–Trinajstić information content (AvgIpc) is 2.92. The molecule has 0 atom stereocenters. The van der Waals surface area contributed by atoms with Crippen LogP contribution in [0.4, 0.5) is 0 Å². The lowest BCUT2D eigenvalue weighted by Crippen LogP contribution is -2.47. The van der Waals surface area contributed by atoms with Gasteiger partial charge in [-0.25, -0.2) is 12.7 Å². The molecule has 4 rings (SSSR count). The van der Waals surface area contributed by atoms with Crippen molar-refractivity contribution < 1.29 is 33.3 Å². The summed E-state index contributed by atoms with van der Waals surface area (Å²) in [7, 11) is -0.362. The number of rotatable bonds is 9. The molecule has 0 aromatic heterocycles. The normalized spacial score (nSPS) is 16.9. The number of β-amino-alcohol motifs (C(OH)–C–C–N with tert-alkyl or cyclic N) is 1. The maximum Gasteiger partial charge on any atom is 0.242 e. The SMILES string of the molecule is CN(C)S(=O)(=O)c1ccc2c(c1)C(=CCCN1CCN(CCO)CC1)c1ccccc1S2.O=C([O-])C=CC(=O)[O-]. The van der Waals surface area contributed by atoms with Crippen LogP contribution in [0, 0.1) is 0 Å². The van der Waals surface area contributed by atoms with Crippen LogP contribution in [-0.2, 0) is 19.6 Å². The Kier molecular flexibility index (Phi) is 11.5. The summed E-state index contributed by atoms with van der Waals surface area (Å²) in [4.78, 5) is 26.2. The van der Waals surface area contributed by atoms with Gasteiger partial charge in [0.05, 0.1) is 23.4 Å². The molecule has 0 spiro atoms. The van der Waals surface area contributed by atoms with Crippen LogP contribution in [0.3, 0.4) is 0 Å². The van der Waals surface area contributed by atoms with Crippen LogP contribution < -0.4 is 10.2 Å². The molecular formula is C28H33N3O7S2-2. The molecule has 1 saturated heterocycles. The molecule has 1 N–H and O–H groups in total. The second-order valence-corrected chi connectivity index (χ2v) is 12.6. The third kappa shape index (κ3) is 8.50. The van der Waals surface area contributed by atoms with Gasteiger partial charge in [-0.15, -0.1) is 0 Å². The largest absolute Gasteiger partial charge is 0.545 e. The van der Waals surface area contributed by atoms with Crippen LogP contribution in [0.5, 0.6) is 0 Å². The second kappa shape index (κ2) is 14.6. The number of carbonyl (C=O) groups is 2. The van der Waals surface area contributed by atoms with Crippen molar-refractivity contribution in [3.63, 3.8) is 0 Å². The van der Waals surface area contributed by atoms with E-state index >= 15 is 0 Å². The minimum absolute atomic E-state index is 0.217. The number of hydrogen-bond acceptors (Lipinski definition) is 10. The smallest absolute Gasteiger partial charge is 0.242 e. The van der Waals surface area contributed by atoms with Crippen LogP contribution >= 0.6 is 11.8 Å². The number of aliphatic carboxylic acids is 2. The first-order valence-electron chi connectivity index (χ1n) is 12.7. The summed E-state index contributed by atoms with van der Waals surface area (Å²) in [5.74, 6) is -3.09. The van der Waals surface area contributed by atoms with E-state index in [-0.39, 0.29) is 6.61 Å². The molecule has 2 aliphatic rings. The number of fused-ring (bicyclic) bond motifs is 2. The molecule has 2 heterocycles. The Morgan fingerprint density at radius 3 is 2.08 bits per heavy atom. The van der Waals surface area contributed by atoms with E-state index in [2.05, 4.69) is 28.0 Å². The first kappa shape index (κ1) is 31.5. The van der Waals surface area contributed by atoms with Gasteiger partial charge in [0.25, 0.3) is 0 Å². The summed E-state index contributed by atoms with van der Waals surface area (Å²) in [6.07, 6.45) is 3.94. The van der Waals surface area contributed by atoms with Gasteiger partial charge >= 0.3 is 0 Å². The number of piperazine rings is 1. The molecule has 2 aromatic carbocycles. The third-order valence-corrected chi connectivity index (χ3v) is 9.41. The van der Waals surface area contributed by atoms with E-state index in [1.54, 1.807) is 31.9 Å². The van der Waals surface area contributed by atoms with Gasteiger partial charge in [-0.05, 0) is 59.5 Å². The van der Waals surface area contributed by atoms with Crippen molar-refractivity contribution in [3.05, 3.63) is 71.8 Å². The van der Waals surface area contributed by atoms with Crippen molar-refractivity contribution in [2.75, 3.05) is 60.0 Å². The van der Waals surface area contributed by atoms with Crippen molar-refractivity contribution in [1.29, 1.82) is 0 Å².